The summed E-state index contributed by atoms with van der Waals surface area (Å²) in [6.07, 6.45) is 1.63. The van der Waals surface area contributed by atoms with E-state index in [1.165, 1.54) is 0 Å². The predicted molar refractivity (Wildman–Crippen MR) is 115 cm³/mol. The number of benzene rings is 2. The maximum atomic E-state index is 12.3. The molecule has 0 aliphatic heterocycles. The Morgan fingerprint density at radius 1 is 0.966 bits per heavy atom. The van der Waals surface area contributed by atoms with Crippen LogP contribution >= 0.6 is 0 Å². The van der Waals surface area contributed by atoms with Gasteiger partial charge in [-0.25, -0.2) is 13.1 Å². The lowest BCUT2D eigenvalue weighted by molar-refractivity contribution is -0.115. The van der Waals surface area contributed by atoms with E-state index in [4.69, 9.17) is 0 Å². The Balaban J connectivity index is 1.86. The quantitative estimate of drug-likeness (QED) is 0.612. The second-order valence-electron chi connectivity index (χ2n) is 7.12. The second-order valence-corrected chi connectivity index (χ2v) is 8.95. The first-order valence-electron chi connectivity index (χ1n) is 9.24. The molecule has 2 aromatic rings. The monoisotopic (exact) mass is 417 g/mol. The summed E-state index contributed by atoms with van der Waals surface area (Å²) in [5.41, 5.74) is 5.18. The Kier molecular flexibility index (Phi) is 7.53. The SMILES string of the molecule is Cc1cc(C)c(NC(=O)CNC(=O)c2ccc(CCNS(C)(=O)=O)cc2)c(C)c1. The number of sulfonamides is 1. The van der Waals surface area contributed by atoms with E-state index in [9.17, 15) is 18.0 Å². The van der Waals surface area contributed by atoms with Crippen LogP contribution in [0.5, 0.6) is 0 Å². The molecule has 0 spiro atoms. The van der Waals surface area contributed by atoms with Crippen molar-refractivity contribution in [2.24, 2.45) is 0 Å². The fourth-order valence-corrected chi connectivity index (χ4v) is 3.50. The van der Waals surface area contributed by atoms with Gasteiger partial charge in [0.2, 0.25) is 15.9 Å². The zero-order valence-electron chi connectivity index (χ0n) is 17.1. The molecular weight excluding hydrogens is 390 g/mol. The van der Waals surface area contributed by atoms with Crippen molar-refractivity contribution in [1.29, 1.82) is 0 Å². The van der Waals surface area contributed by atoms with Gasteiger partial charge in [0.15, 0.2) is 0 Å². The number of amides is 2. The van der Waals surface area contributed by atoms with Crippen molar-refractivity contribution >= 4 is 27.5 Å². The molecule has 0 saturated heterocycles. The van der Waals surface area contributed by atoms with Crippen LogP contribution in [-0.4, -0.2) is 39.6 Å². The third-order valence-electron chi connectivity index (χ3n) is 4.35. The first-order valence-corrected chi connectivity index (χ1v) is 11.1. The Bertz CT molecular complexity index is 976. The zero-order chi connectivity index (χ0) is 21.6. The van der Waals surface area contributed by atoms with E-state index in [1.807, 2.05) is 32.9 Å². The maximum Gasteiger partial charge on any atom is 0.251 e. The lowest BCUT2D eigenvalue weighted by atomic mass is 10.1. The van der Waals surface area contributed by atoms with Gasteiger partial charge in [-0.1, -0.05) is 29.8 Å². The molecular formula is C21H27N3O4S. The molecule has 0 radical (unpaired) electrons. The Labute approximate surface area is 172 Å². The van der Waals surface area contributed by atoms with E-state index in [2.05, 4.69) is 15.4 Å². The van der Waals surface area contributed by atoms with Gasteiger partial charge < -0.3 is 10.6 Å². The number of hydrogen-bond donors (Lipinski definition) is 3. The van der Waals surface area contributed by atoms with Crippen molar-refractivity contribution < 1.29 is 18.0 Å². The van der Waals surface area contributed by atoms with E-state index in [0.717, 1.165) is 34.2 Å². The topological polar surface area (TPSA) is 104 Å². The van der Waals surface area contributed by atoms with Crippen LogP contribution < -0.4 is 15.4 Å². The Hall–Kier alpha value is -2.71. The zero-order valence-corrected chi connectivity index (χ0v) is 17.9. The molecule has 156 valence electrons. The number of hydrogen-bond acceptors (Lipinski definition) is 4. The predicted octanol–water partition coefficient (Wildman–Crippen LogP) is 2.07. The minimum absolute atomic E-state index is 0.133. The molecule has 2 amide bonds. The van der Waals surface area contributed by atoms with Crippen LogP contribution in [0, 0.1) is 20.8 Å². The molecule has 2 aromatic carbocycles. The smallest absolute Gasteiger partial charge is 0.251 e. The standard InChI is InChI=1S/C21H27N3O4S/c1-14-11-15(2)20(16(3)12-14)24-19(25)13-22-21(26)18-7-5-17(6-8-18)9-10-23-29(4,27)28/h5-8,11-12,23H,9-10,13H2,1-4H3,(H,22,26)(H,24,25). The van der Waals surface area contributed by atoms with Crippen LogP contribution in [0.2, 0.25) is 0 Å². The van der Waals surface area contributed by atoms with Crippen molar-refractivity contribution in [3.8, 4) is 0 Å². The van der Waals surface area contributed by atoms with Crippen molar-refractivity contribution in [3.63, 3.8) is 0 Å². The van der Waals surface area contributed by atoms with E-state index < -0.39 is 10.0 Å². The third kappa shape index (κ3) is 7.32. The highest BCUT2D eigenvalue weighted by Crippen LogP contribution is 2.21. The van der Waals surface area contributed by atoms with Gasteiger partial charge in [0.25, 0.3) is 5.91 Å². The summed E-state index contributed by atoms with van der Waals surface area (Å²) in [6, 6.07) is 10.8. The van der Waals surface area contributed by atoms with Crippen LogP contribution in [0.1, 0.15) is 32.6 Å². The number of nitrogens with one attached hydrogen (secondary N) is 3. The molecule has 0 unspecified atom stereocenters. The molecule has 0 aliphatic carbocycles. The summed E-state index contributed by atoms with van der Waals surface area (Å²) in [7, 11) is -3.21. The van der Waals surface area contributed by atoms with E-state index in [0.29, 0.717) is 18.5 Å². The molecule has 0 bridgehead atoms. The van der Waals surface area contributed by atoms with Crippen LogP contribution in [0.3, 0.4) is 0 Å². The third-order valence-corrected chi connectivity index (χ3v) is 5.07. The molecule has 0 heterocycles. The average molecular weight is 418 g/mol. The summed E-state index contributed by atoms with van der Waals surface area (Å²) >= 11 is 0. The number of rotatable bonds is 8. The largest absolute Gasteiger partial charge is 0.343 e. The van der Waals surface area contributed by atoms with Gasteiger partial charge in [-0.05, 0) is 56.0 Å². The van der Waals surface area contributed by atoms with E-state index in [1.54, 1.807) is 24.3 Å². The molecule has 29 heavy (non-hydrogen) atoms. The van der Waals surface area contributed by atoms with Crippen LogP contribution in [0.15, 0.2) is 36.4 Å². The molecule has 2 rings (SSSR count). The van der Waals surface area contributed by atoms with Crippen molar-refractivity contribution in [2.45, 2.75) is 27.2 Å². The minimum Gasteiger partial charge on any atom is -0.343 e. The lowest BCUT2D eigenvalue weighted by Gasteiger charge is -2.13. The number of carbonyl (C=O) groups is 2. The fraction of sp³-hybridized carbons (Fsp3) is 0.333. The summed E-state index contributed by atoms with van der Waals surface area (Å²) < 4.78 is 24.5. The number of aryl methyl sites for hydroxylation is 3. The normalized spacial score (nSPS) is 11.2. The first kappa shape index (κ1) is 22.6. The number of anilines is 1. The van der Waals surface area contributed by atoms with Gasteiger partial charge in [-0.2, -0.15) is 0 Å². The van der Waals surface area contributed by atoms with E-state index >= 15 is 0 Å². The van der Waals surface area contributed by atoms with E-state index in [-0.39, 0.29) is 18.4 Å². The molecule has 7 nitrogen and oxygen atoms in total. The van der Waals surface area contributed by atoms with Crippen LogP contribution in [-0.2, 0) is 21.2 Å². The molecule has 8 heteroatoms. The lowest BCUT2D eigenvalue weighted by Crippen LogP contribution is -2.33. The van der Waals surface area contributed by atoms with Crippen LogP contribution in [0.4, 0.5) is 5.69 Å². The average Bonchev–Trinajstić information content (AvgIpc) is 2.62. The highest BCUT2D eigenvalue weighted by molar-refractivity contribution is 7.88. The molecule has 3 N–H and O–H groups in total. The molecule has 0 aromatic heterocycles. The molecule has 0 fully saturated rings. The summed E-state index contributed by atoms with van der Waals surface area (Å²) in [5.74, 6) is -0.643. The van der Waals surface area contributed by atoms with Gasteiger partial charge in [0.1, 0.15) is 0 Å². The van der Waals surface area contributed by atoms with Crippen molar-refractivity contribution in [3.05, 3.63) is 64.2 Å². The van der Waals surface area contributed by atoms with Gasteiger partial charge in [0, 0.05) is 17.8 Å². The number of carbonyl (C=O) groups excluding carboxylic acids is 2. The summed E-state index contributed by atoms with van der Waals surface area (Å²) in [4.78, 5) is 24.5. The highest BCUT2D eigenvalue weighted by atomic mass is 32.2. The summed E-state index contributed by atoms with van der Waals surface area (Å²) in [6.45, 7) is 6.02. The van der Waals surface area contributed by atoms with Gasteiger partial charge in [0.05, 0.1) is 12.8 Å². The minimum atomic E-state index is -3.21. The summed E-state index contributed by atoms with van der Waals surface area (Å²) in [5, 5.41) is 5.46. The Morgan fingerprint density at radius 2 is 1.55 bits per heavy atom. The Morgan fingerprint density at radius 3 is 2.10 bits per heavy atom. The van der Waals surface area contributed by atoms with Gasteiger partial charge >= 0.3 is 0 Å². The first-order chi connectivity index (χ1) is 13.5. The second kappa shape index (κ2) is 9.67. The van der Waals surface area contributed by atoms with Gasteiger partial charge in [-0.15, -0.1) is 0 Å². The van der Waals surface area contributed by atoms with Crippen molar-refractivity contribution in [1.82, 2.24) is 10.0 Å². The molecule has 0 saturated carbocycles. The van der Waals surface area contributed by atoms with Crippen molar-refractivity contribution in [2.75, 3.05) is 24.7 Å². The maximum absolute atomic E-state index is 12.3. The highest BCUT2D eigenvalue weighted by Gasteiger charge is 2.11. The van der Waals surface area contributed by atoms with Gasteiger partial charge in [-0.3, -0.25) is 9.59 Å². The fourth-order valence-electron chi connectivity index (χ4n) is 3.03. The molecule has 0 aliphatic rings. The molecule has 0 atom stereocenters. The van der Waals surface area contributed by atoms with Crippen LogP contribution in [0.25, 0.3) is 0 Å².